The van der Waals surface area contributed by atoms with Crippen LogP contribution in [0, 0.1) is 6.92 Å². The number of carbonyl (C=O) groups is 2. The van der Waals surface area contributed by atoms with Crippen molar-refractivity contribution < 1.29 is 19.1 Å². The van der Waals surface area contributed by atoms with Crippen LogP contribution in [-0.4, -0.2) is 50.1 Å². The molecule has 2 heterocycles. The number of nitrogens with one attached hydrogen (secondary N) is 1. The molecule has 1 saturated heterocycles. The number of amides is 2. The van der Waals surface area contributed by atoms with Crippen LogP contribution in [0.15, 0.2) is 54.6 Å². The van der Waals surface area contributed by atoms with Crippen molar-refractivity contribution >= 4 is 28.2 Å². The molecule has 0 bridgehead atoms. The Morgan fingerprint density at radius 1 is 1.06 bits per heavy atom. The molecule has 3 aromatic rings. The van der Waals surface area contributed by atoms with E-state index in [0.717, 1.165) is 27.3 Å². The molecule has 0 spiro atoms. The standard InChI is InChI=1S/C26H28N2O4S/c1-18-23(26(30)28-14-16-32-17-15-28)25(33-24(18)20-6-4-3-5-7-20)27-22(29)13-10-19-8-11-21(31-2)12-9-19/h3-9,11-12H,10,13-17H2,1-2H3,(H,27,29). The molecule has 33 heavy (non-hydrogen) atoms. The largest absolute Gasteiger partial charge is 0.497 e. The number of rotatable bonds is 7. The van der Waals surface area contributed by atoms with Crippen LogP contribution in [0.1, 0.15) is 27.9 Å². The molecule has 7 heteroatoms. The fourth-order valence-electron chi connectivity index (χ4n) is 3.89. The second-order valence-corrected chi connectivity index (χ2v) is 8.95. The predicted molar refractivity (Wildman–Crippen MR) is 131 cm³/mol. The molecule has 1 aliphatic rings. The van der Waals surface area contributed by atoms with E-state index in [-0.39, 0.29) is 11.8 Å². The van der Waals surface area contributed by atoms with Gasteiger partial charge in [-0.05, 0) is 42.2 Å². The van der Waals surface area contributed by atoms with E-state index in [2.05, 4.69) is 5.32 Å². The molecule has 172 valence electrons. The fourth-order valence-corrected chi connectivity index (χ4v) is 5.11. The van der Waals surface area contributed by atoms with E-state index in [1.807, 2.05) is 61.5 Å². The highest BCUT2D eigenvalue weighted by Gasteiger charge is 2.27. The molecule has 2 amide bonds. The number of aryl methyl sites for hydroxylation is 1. The first kappa shape index (κ1) is 23.0. The van der Waals surface area contributed by atoms with Crippen LogP contribution >= 0.6 is 11.3 Å². The number of anilines is 1. The molecular weight excluding hydrogens is 436 g/mol. The summed E-state index contributed by atoms with van der Waals surface area (Å²) < 4.78 is 10.6. The number of methoxy groups -OCH3 is 1. The quantitative estimate of drug-likeness (QED) is 0.547. The topological polar surface area (TPSA) is 67.9 Å². The average molecular weight is 465 g/mol. The minimum atomic E-state index is -0.109. The van der Waals surface area contributed by atoms with E-state index in [1.165, 1.54) is 11.3 Å². The first-order valence-corrected chi connectivity index (χ1v) is 11.9. The maximum Gasteiger partial charge on any atom is 0.257 e. The Kier molecular flexibility index (Phi) is 7.42. The molecular formula is C26H28N2O4S. The van der Waals surface area contributed by atoms with Gasteiger partial charge < -0.3 is 19.7 Å². The molecule has 6 nitrogen and oxygen atoms in total. The summed E-state index contributed by atoms with van der Waals surface area (Å²) in [6, 6.07) is 17.7. The Bertz CT molecular complexity index is 1100. The number of carbonyl (C=O) groups excluding carboxylic acids is 2. The molecule has 1 N–H and O–H groups in total. The molecule has 0 atom stereocenters. The van der Waals surface area contributed by atoms with Crippen molar-refractivity contribution in [3.05, 3.63) is 71.3 Å². The summed E-state index contributed by atoms with van der Waals surface area (Å²) in [5.41, 5.74) is 3.57. The summed E-state index contributed by atoms with van der Waals surface area (Å²) in [4.78, 5) is 29.1. The van der Waals surface area contributed by atoms with Gasteiger partial charge in [-0.2, -0.15) is 0 Å². The molecule has 2 aromatic carbocycles. The molecule has 4 rings (SSSR count). The van der Waals surface area contributed by atoms with Gasteiger partial charge in [0.05, 0.1) is 25.9 Å². The summed E-state index contributed by atoms with van der Waals surface area (Å²) in [6.07, 6.45) is 0.938. The van der Waals surface area contributed by atoms with Gasteiger partial charge in [-0.25, -0.2) is 0 Å². The summed E-state index contributed by atoms with van der Waals surface area (Å²) in [6.45, 7) is 4.13. The molecule has 0 aliphatic carbocycles. The van der Waals surface area contributed by atoms with Gasteiger partial charge in [-0.1, -0.05) is 42.5 Å². The van der Waals surface area contributed by atoms with Gasteiger partial charge in [0.25, 0.3) is 5.91 Å². The van der Waals surface area contributed by atoms with Gasteiger partial charge in [0.1, 0.15) is 10.8 Å². The van der Waals surface area contributed by atoms with Crippen LogP contribution in [0.25, 0.3) is 10.4 Å². The van der Waals surface area contributed by atoms with Gasteiger partial charge in [-0.3, -0.25) is 9.59 Å². The van der Waals surface area contributed by atoms with Crippen molar-refractivity contribution in [3.63, 3.8) is 0 Å². The van der Waals surface area contributed by atoms with Crippen molar-refractivity contribution in [1.82, 2.24) is 4.90 Å². The summed E-state index contributed by atoms with van der Waals surface area (Å²) in [5.74, 6) is 0.624. The Morgan fingerprint density at radius 3 is 2.42 bits per heavy atom. The van der Waals surface area contributed by atoms with E-state index in [0.29, 0.717) is 49.7 Å². The van der Waals surface area contributed by atoms with Crippen molar-refractivity contribution in [2.75, 3.05) is 38.7 Å². The zero-order chi connectivity index (χ0) is 23.2. The maximum absolute atomic E-state index is 13.4. The lowest BCUT2D eigenvalue weighted by Gasteiger charge is -2.27. The summed E-state index contributed by atoms with van der Waals surface area (Å²) in [7, 11) is 1.63. The van der Waals surface area contributed by atoms with Gasteiger partial charge in [0.2, 0.25) is 5.91 Å². The smallest absolute Gasteiger partial charge is 0.257 e. The lowest BCUT2D eigenvalue weighted by Crippen LogP contribution is -2.41. The first-order chi connectivity index (χ1) is 16.1. The van der Waals surface area contributed by atoms with E-state index >= 15 is 0 Å². The van der Waals surface area contributed by atoms with Crippen LogP contribution in [0.3, 0.4) is 0 Å². The maximum atomic E-state index is 13.4. The highest BCUT2D eigenvalue weighted by Crippen LogP contribution is 2.40. The highest BCUT2D eigenvalue weighted by atomic mass is 32.1. The Labute approximate surface area is 198 Å². The lowest BCUT2D eigenvalue weighted by atomic mass is 10.1. The van der Waals surface area contributed by atoms with Crippen molar-refractivity contribution in [2.24, 2.45) is 0 Å². The van der Waals surface area contributed by atoms with Crippen LogP contribution in [-0.2, 0) is 16.0 Å². The molecule has 0 radical (unpaired) electrons. The van der Waals surface area contributed by atoms with Crippen LogP contribution in [0.2, 0.25) is 0 Å². The summed E-state index contributed by atoms with van der Waals surface area (Å²) in [5, 5.41) is 3.64. The van der Waals surface area contributed by atoms with Gasteiger partial charge in [0, 0.05) is 24.4 Å². The van der Waals surface area contributed by atoms with Gasteiger partial charge in [0.15, 0.2) is 0 Å². The Balaban J connectivity index is 1.55. The normalized spacial score (nSPS) is 13.6. The number of benzene rings is 2. The number of morpholine rings is 1. The van der Waals surface area contributed by atoms with Crippen molar-refractivity contribution in [1.29, 1.82) is 0 Å². The SMILES string of the molecule is COc1ccc(CCC(=O)Nc2sc(-c3ccccc3)c(C)c2C(=O)N2CCOCC2)cc1. The number of hydrogen-bond acceptors (Lipinski definition) is 5. The van der Waals surface area contributed by atoms with Crippen molar-refractivity contribution in [3.8, 4) is 16.2 Å². The molecule has 1 fully saturated rings. The lowest BCUT2D eigenvalue weighted by molar-refractivity contribution is -0.116. The monoisotopic (exact) mass is 464 g/mol. The average Bonchev–Trinajstić information content (AvgIpc) is 3.19. The van der Waals surface area contributed by atoms with Crippen molar-refractivity contribution in [2.45, 2.75) is 19.8 Å². The van der Waals surface area contributed by atoms with Crippen LogP contribution in [0.4, 0.5) is 5.00 Å². The first-order valence-electron chi connectivity index (χ1n) is 11.1. The second-order valence-electron chi connectivity index (χ2n) is 7.93. The number of ether oxygens (including phenoxy) is 2. The Hall–Kier alpha value is -3.16. The third kappa shape index (κ3) is 5.43. The number of hydrogen-bond donors (Lipinski definition) is 1. The van der Waals surface area contributed by atoms with E-state index in [1.54, 1.807) is 12.0 Å². The summed E-state index contributed by atoms with van der Waals surface area (Å²) >= 11 is 1.46. The zero-order valence-corrected chi connectivity index (χ0v) is 19.7. The van der Waals surface area contributed by atoms with Crippen LogP contribution in [0.5, 0.6) is 5.75 Å². The van der Waals surface area contributed by atoms with Gasteiger partial charge in [-0.15, -0.1) is 11.3 Å². The van der Waals surface area contributed by atoms with E-state index in [9.17, 15) is 9.59 Å². The van der Waals surface area contributed by atoms with Gasteiger partial charge >= 0.3 is 0 Å². The third-order valence-electron chi connectivity index (χ3n) is 5.75. The van der Waals surface area contributed by atoms with E-state index < -0.39 is 0 Å². The second kappa shape index (κ2) is 10.6. The van der Waals surface area contributed by atoms with E-state index in [4.69, 9.17) is 9.47 Å². The minimum absolute atomic E-state index is 0.0558. The predicted octanol–water partition coefficient (Wildman–Crippen LogP) is 4.78. The Morgan fingerprint density at radius 2 is 1.76 bits per heavy atom. The minimum Gasteiger partial charge on any atom is -0.497 e. The molecule has 0 saturated carbocycles. The van der Waals surface area contributed by atoms with Crippen LogP contribution < -0.4 is 10.1 Å². The molecule has 1 aliphatic heterocycles. The zero-order valence-electron chi connectivity index (χ0n) is 18.9. The number of thiophene rings is 1. The number of nitrogens with zero attached hydrogens (tertiary/aromatic N) is 1. The highest BCUT2D eigenvalue weighted by molar-refractivity contribution is 7.20. The fraction of sp³-hybridized carbons (Fsp3) is 0.308. The molecule has 1 aromatic heterocycles. The third-order valence-corrected chi connectivity index (χ3v) is 7.00. The molecule has 0 unspecified atom stereocenters.